The van der Waals surface area contributed by atoms with Crippen LogP contribution in [0.15, 0.2) is 54.6 Å². The Bertz CT molecular complexity index is 754. The number of aryl methyl sites for hydroxylation is 1. The maximum atomic E-state index is 13.2. The van der Waals surface area contributed by atoms with E-state index in [1.807, 2.05) is 70.2 Å². The fourth-order valence-corrected chi connectivity index (χ4v) is 3.26. The van der Waals surface area contributed by atoms with Crippen LogP contribution in [-0.4, -0.2) is 35.3 Å². The minimum atomic E-state index is -0.455. The molecule has 150 valence electrons. The average Bonchev–Trinajstić information content (AvgIpc) is 2.67. The van der Waals surface area contributed by atoms with Crippen LogP contribution in [0.1, 0.15) is 43.9 Å². The molecular formula is C24H32N2O2. The predicted molar refractivity (Wildman–Crippen MR) is 114 cm³/mol. The van der Waals surface area contributed by atoms with E-state index in [2.05, 4.69) is 17.4 Å². The molecule has 2 rings (SSSR count). The van der Waals surface area contributed by atoms with Crippen LogP contribution in [0.3, 0.4) is 0 Å². The van der Waals surface area contributed by atoms with Gasteiger partial charge in [-0.3, -0.25) is 9.59 Å². The van der Waals surface area contributed by atoms with E-state index in [0.29, 0.717) is 19.4 Å². The van der Waals surface area contributed by atoms with Crippen molar-refractivity contribution in [3.8, 4) is 0 Å². The highest BCUT2D eigenvalue weighted by Gasteiger charge is 2.28. The quantitative estimate of drug-likeness (QED) is 0.717. The number of rotatable bonds is 9. The summed E-state index contributed by atoms with van der Waals surface area (Å²) < 4.78 is 0. The van der Waals surface area contributed by atoms with Crippen LogP contribution in [0.5, 0.6) is 0 Å². The number of hydrogen-bond acceptors (Lipinski definition) is 2. The van der Waals surface area contributed by atoms with Crippen LogP contribution in [0.4, 0.5) is 0 Å². The molecular weight excluding hydrogens is 348 g/mol. The largest absolute Gasteiger partial charge is 0.352 e. The molecule has 0 aliphatic rings. The molecule has 1 atom stereocenters. The van der Waals surface area contributed by atoms with Crippen LogP contribution in [-0.2, 0) is 22.4 Å². The van der Waals surface area contributed by atoms with Crippen molar-refractivity contribution in [2.75, 3.05) is 6.54 Å². The minimum absolute atomic E-state index is 0.00876. The molecule has 1 N–H and O–H groups in total. The molecule has 2 aromatic rings. The predicted octanol–water partition coefficient (Wildman–Crippen LogP) is 3.91. The lowest BCUT2D eigenvalue weighted by molar-refractivity contribution is -0.140. The van der Waals surface area contributed by atoms with Gasteiger partial charge in [0.2, 0.25) is 11.8 Å². The zero-order valence-corrected chi connectivity index (χ0v) is 17.4. The number of hydrogen-bond donors (Lipinski definition) is 1. The van der Waals surface area contributed by atoms with Gasteiger partial charge in [0.1, 0.15) is 6.04 Å². The van der Waals surface area contributed by atoms with Gasteiger partial charge in [-0.15, -0.1) is 0 Å². The number of carbonyl (C=O) groups is 2. The van der Waals surface area contributed by atoms with Crippen molar-refractivity contribution in [3.63, 3.8) is 0 Å². The molecule has 0 saturated heterocycles. The van der Waals surface area contributed by atoms with Gasteiger partial charge in [0.25, 0.3) is 0 Å². The molecule has 4 heteroatoms. The van der Waals surface area contributed by atoms with Gasteiger partial charge in [0.15, 0.2) is 0 Å². The van der Waals surface area contributed by atoms with Crippen LogP contribution in [0, 0.1) is 6.92 Å². The zero-order valence-electron chi connectivity index (χ0n) is 17.4. The van der Waals surface area contributed by atoms with Gasteiger partial charge in [-0.2, -0.15) is 0 Å². The summed E-state index contributed by atoms with van der Waals surface area (Å²) in [5.74, 6) is -0.0895. The summed E-state index contributed by atoms with van der Waals surface area (Å²) in [5, 5.41) is 2.97. The normalized spacial score (nSPS) is 11.9. The average molecular weight is 381 g/mol. The number of amides is 2. The summed E-state index contributed by atoms with van der Waals surface area (Å²) in [6.07, 6.45) is 1.62. The highest BCUT2D eigenvalue weighted by atomic mass is 16.2. The van der Waals surface area contributed by atoms with E-state index < -0.39 is 6.04 Å². The summed E-state index contributed by atoms with van der Waals surface area (Å²) in [4.78, 5) is 27.6. The van der Waals surface area contributed by atoms with Crippen LogP contribution < -0.4 is 5.32 Å². The van der Waals surface area contributed by atoms with E-state index >= 15 is 0 Å². The van der Waals surface area contributed by atoms with Gasteiger partial charge >= 0.3 is 0 Å². The molecule has 28 heavy (non-hydrogen) atoms. The Labute approximate surface area is 169 Å². The second-order valence-corrected chi connectivity index (χ2v) is 7.57. The standard InChI is InChI=1S/C24H32N2O2/c1-5-22(24(28)25-18(2)3)26(16-15-20-9-7-6-8-10-20)23(27)17-21-13-11-19(4)12-14-21/h6-14,18,22H,5,15-17H2,1-4H3,(H,25,28)/t22-/m0/s1. The monoisotopic (exact) mass is 380 g/mol. The zero-order chi connectivity index (χ0) is 20.5. The molecule has 0 bridgehead atoms. The first-order valence-electron chi connectivity index (χ1n) is 10.1. The fourth-order valence-electron chi connectivity index (χ4n) is 3.26. The van der Waals surface area contributed by atoms with E-state index in [9.17, 15) is 9.59 Å². The maximum Gasteiger partial charge on any atom is 0.242 e. The summed E-state index contributed by atoms with van der Waals surface area (Å²) in [6.45, 7) is 8.39. The molecule has 2 aromatic carbocycles. The van der Waals surface area contributed by atoms with Gasteiger partial charge < -0.3 is 10.2 Å². The fraction of sp³-hybridized carbons (Fsp3) is 0.417. The molecule has 0 aliphatic heterocycles. The molecule has 0 saturated carbocycles. The molecule has 2 amide bonds. The van der Waals surface area contributed by atoms with Crippen molar-refractivity contribution in [1.29, 1.82) is 0 Å². The summed E-state index contributed by atoms with van der Waals surface area (Å²) in [6, 6.07) is 17.7. The first-order valence-corrected chi connectivity index (χ1v) is 10.1. The first-order chi connectivity index (χ1) is 13.4. The van der Waals surface area contributed by atoms with E-state index in [1.54, 1.807) is 4.90 Å². The van der Waals surface area contributed by atoms with Crippen molar-refractivity contribution in [1.82, 2.24) is 10.2 Å². The summed E-state index contributed by atoms with van der Waals surface area (Å²) >= 11 is 0. The summed E-state index contributed by atoms with van der Waals surface area (Å²) in [7, 11) is 0. The van der Waals surface area contributed by atoms with Crippen LogP contribution in [0.25, 0.3) is 0 Å². The molecule has 0 radical (unpaired) electrons. The second kappa shape index (κ2) is 10.6. The van der Waals surface area contributed by atoms with E-state index in [0.717, 1.165) is 17.5 Å². The number of benzene rings is 2. The second-order valence-electron chi connectivity index (χ2n) is 7.57. The maximum absolute atomic E-state index is 13.2. The van der Waals surface area contributed by atoms with Gasteiger partial charge in [-0.25, -0.2) is 0 Å². The Kier molecular flexibility index (Phi) is 8.24. The summed E-state index contributed by atoms with van der Waals surface area (Å²) in [5.41, 5.74) is 3.30. The third kappa shape index (κ3) is 6.52. The number of nitrogens with zero attached hydrogens (tertiary/aromatic N) is 1. The molecule has 0 aromatic heterocycles. The molecule has 0 aliphatic carbocycles. The minimum Gasteiger partial charge on any atom is -0.352 e. The molecule has 0 spiro atoms. The number of nitrogens with one attached hydrogen (secondary N) is 1. The number of carbonyl (C=O) groups excluding carboxylic acids is 2. The van der Waals surface area contributed by atoms with E-state index in [4.69, 9.17) is 0 Å². The molecule has 0 unspecified atom stereocenters. The van der Waals surface area contributed by atoms with E-state index in [1.165, 1.54) is 5.56 Å². The third-order valence-electron chi connectivity index (χ3n) is 4.78. The van der Waals surface area contributed by atoms with Crippen molar-refractivity contribution >= 4 is 11.8 Å². The SMILES string of the molecule is CC[C@@H](C(=O)NC(C)C)N(CCc1ccccc1)C(=O)Cc1ccc(C)cc1. The highest BCUT2D eigenvalue weighted by Crippen LogP contribution is 2.13. The van der Waals surface area contributed by atoms with Gasteiger partial charge in [-0.05, 0) is 44.7 Å². The smallest absolute Gasteiger partial charge is 0.242 e. The van der Waals surface area contributed by atoms with Crippen molar-refractivity contribution in [2.24, 2.45) is 0 Å². The van der Waals surface area contributed by atoms with Crippen molar-refractivity contribution < 1.29 is 9.59 Å². The Morgan fingerprint density at radius 2 is 1.61 bits per heavy atom. The van der Waals surface area contributed by atoms with Gasteiger partial charge in [0, 0.05) is 12.6 Å². The van der Waals surface area contributed by atoms with Crippen LogP contribution >= 0.6 is 0 Å². The van der Waals surface area contributed by atoms with Crippen molar-refractivity contribution in [2.45, 2.75) is 59.0 Å². The lowest BCUT2D eigenvalue weighted by atomic mass is 10.1. The van der Waals surface area contributed by atoms with Gasteiger partial charge in [0.05, 0.1) is 6.42 Å². The van der Waals surface area contributed by atoms with Crippen LogP contribution in [0.2, 0.25) is 0 Å². The first kappa shape index (κ1) is 21.7. The molecule has 0 heterocycles. The topological polar surface area (TPSA) is 49.4 Å². The Morgan fingerprint density at radius 1 is 0.964 bits per heavy atom. The molecule has 4 nitrogen and oxygen atoms in total. The Hall–Kier alpha value is -2.62. The highest BCUT2D eigenvalue weighted by molar-refractivity contribution is 5.88. The Balaban J connectivity index is 2.18. The van der Waals surface area contributed by atoms with Gasteiger partial charge in [-0.1, -0.05) is 67.1 Å². The lowest BCUT2D eigenvalue weighted by Gasteiger charge is -2.31. The lowest BCUT2D eigenvalue weighted by Crippen LogP contribution is -2.51. The third-order valence-corrected chi connectivity index (χ3v) is 4.78. The van der Waals surface area contributed by atoms with Crippen molar-refractivity contribution in [3.05, 3.63) is 71.3 Å². The Morgan fingerprint density at radius 3 is 2.18 bits per heavy atom. The molecule has 0 fully saturated rings. The van der Waals surface area contributed by atoms with E-state index in [-0.39, 0.29) is 17.9 Å².